The molecule has 0 amide bonds. The quantitative estimate of drug-likeness (QED) is 0.435. The molecule has 0 radical (unpaired) electrons. The fourth-order valence-electron chi connectivity index (χ4n) is 1.41. The molecular formula is C13H13N3O. The van der Waals surface area contributed by atoms with E-state index in [1.54, 1.807) is 36.9 Å². The van der Waals surface area contributed by atoms with E-state index in [9.17, 15) is 5.11 Å². The van der Waals surface area contributed by atoms with E-state index >= 15 is 0 Å². The van der Waals surface area contributed by atoms with Gasteiger partial charge in [0, 0.05) is 24.5 Å². The van der Waals surface area contributed by atoms with Crippen LogP contribution >= 0.6 is 0 Å². The summed E-state index contributed by atoms with van der Waals surface area (Å²) in [5, 5.41) is 15.7. The van der Waals surface area contributed by atoms with E-state index in [0.717, 1.165) is 6.42 Å². The molecule has 0 spiro atoms. The lowest BCUT2D eigenvalue weighted by Crippen LogP contribution is -2.33. The Bertz CT molecular complexity index is 506. The van der Waals surface area contributed by atoms with Gasteiger partial charge in [0.25, 0.3) is 0 Å². The molecule has 0 bridgehead atoms. The van der Waals surface area contributed by atoms with E-state index in [-0.39, 0.29) is 5.90 Å². The lowest BCUT2D eigenvalue weighted by atomic mass is 10.2. The number of aryl methyl sites for hydroxylation is 1. The minimum Gasteiger partial charge on any atom is -0.854 e. The first-order valence-corrected chi connectivity index (χ1v) is 5.46. The molecule has 0 N–H and O–H groups in total. The third kappa shape index (κ3) is 2.87. The van der Waals surface area contributed by atoms with Gasteiger partial charge in [-0.1, -0.05) is 11.6 Å². The number of aromatic nitrogens is 2. The monoisotopic (exact) mass is 227 g/mol. The number of nitrogens with zero attached hydrogens (tertiary/aromatic N) is 3. The van der Waals surface area contributed by atoms with Gasteiger partial charge in [0.15, 0.2) is 0 Å². The molecule has 2 heterocycles. The van der Waals surface area contributed by atoms with E-state index in [1.807, 2.05) is 12.1 Å². The Morgan fingerprint density at radius 2 is 1.88 bits per heavy atom. The van der Waals surface area contributed by atoms with Crippen molar-refractivity contribution in [2.45, 2.75) is 13.3 Å². The SMILES string of the molecule is CCc1cc[n+](/N=C(\[O-])c2ccncc2)cc1. The van der Waals surface area contributed by atoms with Gasteiger partial charge in [-0.05, 0) is 34.8 Å². The van der Waals surface area contributed by atoms with Crippen molar-refractivity contribution in [3.8, 4) is 0 Å². The largest absolute Gasteiger partial charge is 0.854 e. The van der Waals surface area contributed by atoms with Crippen molar-refractivity contribution >= 4 is 5.90 Å². The van der Waals surface area contributed by atoms with Crippen LogP contribution < -0.4 is 9.78 Å². The van der Waals surface area contributed by atoms with Gasteiger partial charge in [-0.25, -0.2) is 0 Å². The van der Waals surface area contributed by atoms with Crippen molar-refractivity contribution in [3.05, 3.63) is 60.2 Å². The predicted octanol–water partition coefficient (Wildman–Crippen LogP) is 0.502. The second-order valence-electron chi connectivity index (χ2n) is 3.58. The highest BCUT2D eigenvalue weighted by molar-refractivity contribution is 5.89. The summed E-state index contributed by atoms with van der Waals surface area (Å²) >= 11 is 0. The average molecular weight is 227 g/mol. The van der Waals surface area contributed by atoms with Gasteiger partial charge in [-0.2, -0.15) is 0 Å². The van der Waals surface area contributed by atoms with E-state index in [0.29, 0.717) is 5.56 Å². The Hall–Kier alpha value is -2.23. The molecule has 0 aliphatic carbocycles. The first-order valence-electron chi connectivity index (χ1n) is 5.46. The van der Waals surface area contributed by atoms with E-state index in [2.05, 4.69) is 17.0 Å². The fraction of sp³-hybridized carbons (Fsp3) is 0.154. The minimum absolute atomic E-state index is 0.276. The molecule has 0 saturated heterocycles. The highest BCUT2D eigenvalue weighted by Gasteiger charge is 1.99. The Morgan fingerprint density at radius 3 is 2.47 bits per heavy atom. The van der Waals surface area contributed by atoms with Crippen molar-refractivity contribution in [1.29, 1.82) is 0 Å². The van der Waals surface area contributed by atoms with Gasteiger partial charge in [0.2, 0.25) is 12.4 Å². The van der Waals surface area contributed by atoms with Crippen LogP contribution in [0.25, 0.3) is 0 Å². The Morgan fingerprint density at radius 1 is 1.24 bits per heavy atom. The molecule has 2 aromatic heterocycles. The average Bonchev–Trinajstić information content (AvgIpc) is 2.40. The maximum absolute atomic E-state index is 11.8. The van der Waals surface area contributed by atoms with Crippen molar-refractivity contribution in [2.24, 2.45) is 5.10 Å². The van der Waals surface area contributed by atoms with Crippen molar-refractivity contribution in [2.75, 3.05) is 0 Å². The molecule has 4 nitrogen and oxygen atoms in total. The number of pyridine rings is 2. The highest BCUT2D eigenvalue weighted by Crippen LogP contribution is 1.96. The molecule has 0 aliphatic rings. The molecule has 2 rings (SSSR count). The van der Waals surface area contributed by atoms with E-state index in [4.69, 9.17) is 0 Å². The fourth-order valence-corrected chi connectivity index (χ4v) is 1.41. The van der Waals surface area contributed by atoms with Gasteiger partial charge in [0.1, 0.15) is 0 Å². The van der Waals surface area contributed by atoms with E-state index < -0.39 is 0 Å². The molecular weight excluding hydrogens is 214 g/mol. The van der Waals surface area contributed by atoms with Gasteiger partial charge >= 0.3 is 0 Å². The Kier molecular flexibility index (Phi) is 3.45. The van der Waals surface area contributed by atoms with Crippen LogP contribution in [0.1, 0.15) is 18.1 Å². The van der Waals surface area contributed by atoms with Crippen LogP contribution in [0.5, 0.6) is 0 Å². The van der Waals surface area contributed by atoms with Gasteiger partial charge < -0.3 is 5.11 Å². The summed E-state index contributed by atoms with van der Waals surface area (Å²) in [4.78, 5) is 3.86. The molecule has 0 aliphatic heterocycles. The van der Waals surface area contributed by atoms with Crippen LogP contribution in [0.4, 0.5) is 0 Å². The second kappa shape index (κ2) is 5.21. The molecule has 2 aromatic rings. The molecule has 0 fully saturated rings. The normalized spacial score (nSPS) is 11.5. The van der Waals surface area contributed by atoms with Crippen LogP contribution in [-0.4, -0.2) is 10.9 Å². The molecule has 4 heteroatoms. The lowest BCUT2D eigenvalue weighted by Gasteiger charge is -2.05. The predicted molar refractivity (Wildman–Crippen MR) is 62.2 cm³/mol. The summed E-state index contributed by atoms with van der Waals surface area (Å²) in [7, 11) is 0. The maximum Gasteiger partial charge on any atom is 0.202 e. The summed E-state index contributed by atoms with van der Waals surface area (Å²) < 4.78 is 1.52. The topological polar surface area (TPSA) is 52.2 Å². The third-order valence-electron chi connectivity index (χ3n) is 2.42. The zero-order valence-electron chi connectivity index (χ0n) is 9.58. The maximum atomic E-state index is 11.8. The van der Waals surface area contributed by atoms with Crippen LogP contribution in [0, 0.1) is 0 Å². The van der Waals surface area contributed by atoms with Crippen molar-refractivity contribution in [3.63, 3.8) is 0 Å². The first kappa shape index (κ1) is 11.3. The van der Waals surface area contributed by atoms with Gasteiger partial charge in [-0.15, -0.1) is 0 Å². The smallest absolute Gasteiger partial charge is 0.202 e. The van der Waals surface area contributed by atoms with Crippen LogP contribution in [0.3, 0.4) is 0 Å². The first-order chi connectivity index (χ1) is 8.29. The minimum atomic E-state index is -0.276. The van der Waals surface area contributed by atoms with Crippen molar-refractivity contribution in [1.82, 2.24) is 4.98 Å². The Labute approximate surface area is 99.9 Å². The summed E-state index contributed by atoms with van der Waals surface area (Å²) in [5.74, 6) is -0.276. The zero-order valence-corrected chi connectivity index (χ0v) is 9.58. The van der Waals surface area contributed by atoms with E-state index in [1.165, 1.54) is 10.2 Å². The molecule has 86 valence electrons. The highest BCUT2D eigenvalue weighted by atomic mass is 16.3. The van der Waals surface area contributed by atoms with Crippen molar-refractivity contribution < 1.29 is 9.78 Å². The van der Waals surface area contributed by atoms with Crippen LogP contribution in [0.15, 0.2) is 54.2 Å². The molecule has 0 unspecified atom stereocenters. The zero-order chi connectivity index (χ0) is 12.1. The van der Waals surface area contributed by atoms with Gasteiger partial charge in [-0.3, -0.25) is 4.98 Å². The second-order valence-corrected chi connectivity index (χ2v) is 3.58. The summed E-state index contributed by atoms with van der Waals surface area (Å²) in [6.07, 6.45) is 7.68. The van der Waals surface area contributed by atoms with Crippen LogP contribution in [-0.2, 0) is 6.42 Å². The van der Waals surface area contributed by atoms with Crippen LogP contribution in [0.2, 0.25) is 0 Å². The molecule has 0 aromatic carbocycles. The third-order valence-corrected chi connectivity index (χ3v) is 2.42. The number of hydrogen-bond donors (Lipinski definition) is 0. The summed E-state index contributed by atoms with van der Waals surface area (Å²) in [5.41, 5.74) is 1.75. The molecule has 0 atom stereocenters. The number of hydrogen-bond acceptors (Lipinski definition) is 3. The Balaban J connectivity index is 2.23. The lowest BCUT2D eigenvalue weighted by molar-refractivity contribution is -0.681. The summed E-state index contributed by atoms with van der Waals surface area (Å²) in [6, 6.07) is 7.19. The molecule has 0 saturated carbocycles. The standard InChI is InChI=1S/C13H13N3O/c1-2-11-5-9-16(10-6-11)15-13(17)12-3-7-14-8-4-12/h3-10H,2H2,1H3. The molecule has 17 heavy (non-hydrogen) atoms. The number of rotatable bonds is 3. The summed E-state index contributed by atoms with van der Waals surface area (Å²) in [6.45, 7) is 2.08. The van der Waals surface area contributed by atoms with Gasteiger partial charge in [0.05, 0.1) is 5.90 Å².